The van der Waals surface area contributed by atoms with Crippen LogP contribution >= 0.6 is 0 Å². The van der Waals surface area contributed by atoms with Crippen molar-refractivity contribution in [2.75, 3.05) is 13.2 Å². The maximum Gasteiger partial charge on any atom is 0.425 e. The largest absolute Gasteiger partial charge is 0.480 e. The van der Waals surface area contributed by atoms with E-state index in [9.17, 15) is 35.9 Å². The maximum absolute atomic E-state index is 14.7. The van der Waals surface area contributed by atoms with E-state index in [1.807, 2.05) is 0 Å². The van der Waals surface area contributed by atoms with Gasteiger partial charge in [-0.1, -0.05) is 22.3 Å². The minimum Gasteiger partial charge on any atom is -0.480 e. The van der Waals surface area contributed by atoms with Crippen molar-refractivity contribution in [2.45, 2.75) is 153 Å². The minimum atomic E-state index is -4.70. The number of aromatic nitrogens is 6. The van der Waals surface area contributed by atoms with Crippen LogP contribution in [0.5, 0.6) is 5.75 Å². The van der Waals surface area contributed by atoms with Crippen LogP contribution in [-0.4, -0.2) is 78.0 Å². The SMILES string of the molecule is C.C.C.CC(C)O.CCn1c(COC2CCCCO2)nn(-c2cc(F)c(C#N)cc2F)c1=O.CCn1c(COC2CCCCO2)nn(-c2cc(O[C@@H](C)C(F)(F)F)c(C#N)cc2F)c1=O. The summed E-state index contributed by atoms with van der Waals surface area (Å²) < 4.78 is 113. The Morgan fingerprint density at radius 3 is 1.52 bits per heavy atom. The molecule has 0 amide bonds. The fourth-order valence-corrected chi connectivity index (χ4v) is 5.99. The van der Waals surface area contributed by atoms with Crippen LogP contribution in [0.1, 0.15) is 118 Å². The summed E-state index contributed by atoms with van der Waals surface area (Å²) in [5, 5.41) is 34.2. The van der Waals surface area contributed by atoms with Gasteiger partial charge in [-0.15, -0.1) is 10.2 Å². The molecule has 0 bridgehead atoms. The van der Waals surface area contributed by atoms with Crippen LogP contribution in [0.2, 0.25) is 0 Å². The van der Waals surface area contributed by atoms with E-state index in [1.54, 1.807) is 39.8 Å². The average Bonchev–Trinajstić information content (AvgIpc) is 3.74. The molecule has 22 heteroatoms. The van der Waals surface area contributed by atoms with Gasteiger partial charge < -0.3 is 28.8 Å². The van der Waals surface area contributed by atoms with Gasteiger partial charge in [-0.05, 0) is 85.3 Å². The Labute approximate surface area is 374 Å². The normalized spacial score (nSPS) is 16.2. The lowest BCUT2D eigenvalue weighted by Crippen LogP contribution is -2.31. The zero-order valence-corrected chi connectivity index (χ0v) is 34.8. The van der Waals surface area contributed by atoms with Crippen molar-refractivity contribution in [3.05, 3.63) is 85.5 Å². The number of benzene rings is 2. The average molecular weight is 931 g/mol. The van der Waals surface area contributed by atoms with Crippen LogP contribution in [0.25, 0.3) is 11.4 Å². The predicted octanol–water partition coefficient (Wildman–Crippen LogP) is 7.98. The number of aliphatic hydroxyl groups excluding tert-OH is 1. The molecule has 2 saturated heterocycles. The molecule has 0 aliphatic carbocycles. The molecule has 16 nitrogen and oxygen atoms in total. The Hall–Kier alpha value is -5.52. The number of aliphatic hydroxyl groups is 1. The van der Waals surface area contributed by atoms with Crippen LogP contribution in [0.15, 0.2) is 33.9 Å². The summed E-state index contributed by atoms with van der Waals surface area (Å²) in [5.74, 6) is -2.87. The molecule has 4 aromatic rings. The van der Waals surface area contributed by atoms with Gasteiger partial charge in [0, 0.05) is 44.5 Å². The van der Waals surface area contributed by atoms with Crippen molar-refractivity contribution in [1.82, 2.24) is 28.7 Å². The van der Waals surface area contributed by atoms with Crippen LogP contribution in [0, 0.1) is 40.1 Å². The van der Waals surface area contributed by atoms with E-state index < -0.39 is 70.0 Å². The van der Waals surface area contributed by atoms with E-state index in [4.69, 9.17) is 39.3 Å². The van der Waals surface area contributed by atoms with Crippen LogP contribution < -0.4 is 16.1 Å². The molecule has 2 aliphatic heterocycles. The van der Waals surface area contributed by atoms with E-state index >= 15 is 0 Å². The van der Waals surface area contributed by atoms with E-state index in [0.717, 1.165) is 61.9 Å². The van der Waals surface area contributed by atoms with Gasteiger partial charge in [-0.2, -0.15) is 33.1 Å². The minimum absolute atomic E-state index is 0. The highest BCUT2D eigenvalue weighted by Gasteiger charge is 2.38. The van der Waals surface area contributed by atoms with E-state index in [2.05, 4.69) is 10.2 Å². The van der Waals surface area contributed by atoms with Crippen molar-refractivity contribution < 1.29 is 55.1 Å². The highest BCUT2D eigenvalue weighted by atomic mass is 19.4. The number of rotatable bonds is 12. The highest BCUT2D eigenvalue weighted by Crippen LogP contribution is 2.30. The second kappa shape index (κ2) is 26.4. The van der Waals surface area contributed by atoms with Gasteiger partial charge in [0.25, 0.3) is 0 Å². The molecular weight excluding hydrogens is 871 g/mol. The number of alkyl halides is 3. The maximum atomic E-state index is 14.7. The lowest BCUT2D eigenvalue weighted by atomic mass is 10.2. The molecule has 362 valence electrons. The third kappa shape index (κ3) is 15.3. The molecule has 0 radical (unpaired) electrons. The molecule has 2 aromatic heterocycles. The fourth-order valence-electron chi connectivity index (χ4n) is 5.99. The van der Waals surface area contributed by atoms with Gasteiger partial charge in [0.1, 0.15) is 48.3 Å². The van der Waals surface area contributed by atoms with Crippen molar-refractivity contribution in [2.24, 2.45) is 0 Å². The van der Waals surface area contributed by atoms with Gasteiger partial charge >= 0.3 is 17.6 Å². The molecule has 6 rings (SSSR count). The Morgan fingerprint density at radius 2 is 1.15 bits per heavy atom. The Kier molecular flexibility index (Phi) is 23.4. The van der Waals surface area contributed by atoms with Crippen molar-refractivity contribution >= 4 is 0 Å². The van der Waals surface area contributed by atoms with Crippen molar-refractivity contribution in [3.63, 3.8) is 0 Å². The van der Waals surface area contributed by atoms with Crippen molar-refractivity contribution in [1.29, 1.82) is 10.5 Å². The second-order valence-corrected chi connectivity index (χ2v) is 14.1. The third-order valence-electron chi connectivity index (χ3n) is 9.13. The van der Waals surface area contributed by atoms with Gasteiger partial charge in [-0.25, -0.2) is 22.8 Å². The van der Waals surface area contributed by atoms with Crippen LogP contribution in [0.4, 0.5) is 26.3 Å². The fraction of sp³-hybridized carbons (Fsp3) is 0.581. The topological polar surface area (TPSA) is 194 Å². The first-order chi connectivity index (χ1) is 29.4. The number of ether oxygens (including phenoxy) is 5. The summed E-state index contributed by atoms with van der Waals surface area (Å²) >= 11 is 0. The Morgan fingerprint density at radius 1 is 0.738 bits per heavy atom. The smallest absolute Gasteiger partial charge is 0.425 e. The number of hydrogen-bond acceptors (Lipinski definition) is 12. The molecule has 4 heterocycles. The zero-order chi connectivity index (χ0) is 45.7. The summed E-state index contributed by atoms with van der Waals surface area (Å²) in [6, 6.07) is 6.24. The number of hydrogen-bond donors (Lipinski definition) is 1. The molecule has 2 aliphatic rings. The Bertz CT molecular complexity index is 2320. The first-order valence-electron chi connectivity index (χ1n) is 19.8. The summed E-state index contributed by atoms with van der Waals surface area (Å²) in [6.45, 7) is 9.25. The molecular formula is C43H60F6N8O8. The standard InChI is InChI=1S/C20H22F4N4O4.C17H18F2N4O3.C3H8O.3CH4/c1-3-27-17(11-31-18-6-4-5-7-30-18)26-28(19(27)29)15-9-16(13(10-25)8-14(15)21)32-12(2)20(22,23)24;1-2-22-15(10-26-16-5-3-4-6-25-16)21-23(17(22)24)14-8-12(18)11(9-20)7-13(14)19;1-3(2)4;;;/h8-9,12,18H,3-7,11H2,1-2H3;7-8,16H,2-6,10H2,1H3;3-4H,1-2H3;3*1H4/t12-,18?;;;;;/m0...../s1. The van der Waals surface area contributed by atoms with E-state index in [1.165, 1.54) is 9.13 Å². The molecule has 0 saturated carbocycles. The summed E-state index contributed by atoms with van der Waals surface area (Å²) in [6.07, 6.45) is -2.62. The third-order valence-corrected chi connectivity index (χ3v) is 9.13. The van der Waals surface area contributed by atoms with E-state index in [-0.39, 0.29) is 71.8 Å². The van der Waals surface area contributed by atoms with Gasteiger partial charge in [0.15, 0.2) is 42.0 Å². The molecule has 2 aromatic carbocycles. The first-order valence-corrected chi connectivity index (χ1v) is 19.8. The molecule has 2 unspecified atom stereocenters. The zero-order valence-electron chi connectivity index (χ0n) is 34.8. The molecule has 2 fully saturated rings. The molecule has 3 atom stereocenters. The van der Waals surface area contributed by atoms with Crippen LogP contribution in [0.3, 0.4) is 0 Å². The molecule has 65 heavy (non-hydrogen) atoms. The Balaban J connectivity index is 0.000000584. The summed E-state index contributed by atoms with van der Waals surface area (Å²) in [4.78, 5) is 25.3. The summed E-state index contributed by atoms with van der Waals surface area (Å²) in [5.41, 5.74) is -3.00. The number of nitriles is 2. The van der Waals surface area contributed by atoms with Gasteiger partial charge in [0.05, 0.1) is 11.1 Å². The first kappa shape index (κ1) is 57.5. The lowest BCUT2D eigenvalue weighted by Gasteiger charge is -2.22. The highest BCUT2D eigenvalue weighted by molar-refractivity contribution is 5.51. The summed E-state index contributed by atoms with van der Waals surface area (Å²) in [7, 11) is 0. The van der Waals surface area contributed by atoms with Gasteiger partial charge in [0.2, 0.25) is 0 Å². The molecule has 1 N–H and O–H groups in total. The molecule has 0 spiro atoms. The number of halogens is 6. The van der Waals surface area contributed by atoms with Crippen LogP contribution in [-0.2, 0) is 45.3 Å². The number of nitrogens with zero attached hydrogens (tertiary/aromatic N) is 8. The van der Waals surface area contributed by atoms with E-state index in [0.29, 0.717) is 36.9 Å². The van der Waals surface area contributed by atoms with Crippen molar-refractivity contribution in [3.8, 4) is 29.3 Å². The van der Waals surface area contributed by atoms with Gasteiger partial charge in [-0.3, -0.25) is 9.13 Å². The monoisotopic (exact) mass is 930 g/mol. The lowest BCUT2D eigenvalue weighted by molar-refractivity contribution is -0.189. The second-order valence-electron chi connectivity index (χ2n) is 14.1. The quantitative estimate of drug-likeness (QED) is 0.135. The predicted molar refractivity (Wildman–Crippen MR) is 227 cm³/mol.